The Morgan fingerprint density at radius 2 is 1.65 bits per heavy atom. The quantitative estimate of drug-likeness (QED) is 0.489. The molecule has 0 aliphatic rings. The second-order valence-electron chi connectivity index (χ2n) is 4.92. The summed E-state index contributed by atoms with van der Waals surface area (Å²) in [5.74, 6) is -2.32. The van der Waals surface area contributed by atoms with Crippen molar-refractivity contribution in [1.82, 2.24) is 5.32 Å². The van der Waals surface area contributed by atoms with Crippen molar-refractivity contribution >= 4 is 11.9 Å². The first kappa shape index (κ1) is 16.4. The van der Waals surface area contributed by atoms with Crippen molar-refractivity contribution in [1.29, 1.82) is 0 Å². The van der Waals surface area contributed by atoms with Crippen LogP contribution < -0.4 is 5.32 Å². The number of benzene rings is 2. The van der Waals surface area contributed by atoms with Crippen LogP contribution >= 0.6 is 0 Å². The Balaban J connectivity index is 2.00. The highest BCUT2D eigenvalue weighted by molar-refractivity contribution is 6.15. The van der Waals surface area contributed by atoms with Crippen molar-refractivity contribution in [3.05, 3.63) is 83.2 Å². The first-order chi connectivity index (χ1) is 11.1. The number of hydrogen-bond acceptors (Lipinski definition) is 2. The lowest BCUT2D eigenvalue weighted by Gasteiger charge is -2.06. The smallest absolute Gasteiger partial charge is 0.340 e. The summed E-state index contributed by atoms with van der Waals surface area (Å²) in [6.07, 6.45) is 1.74. The van der Waals surface area contributed by atoms with Gasteiger partial charge in [-0.1, -0.05) is 48.5 Å². The maximum atomic E-state index is 12.8. The second-order valence-corrected chi connectivity index (χ2v) is 4.92. The van der Waals surface area contributed by atoms with Crippen LogP contribution in [0.15, 0.2) is 66.2 Å². The van der Waals surface area contributed by atoms with E-state index in [1.54, 1.807) is 0 Å². The van der Waals surface area contributed by atoms with E-state index in [9.17, 15) is 19.1 Å². The molecule has 118 valence electrons. The van der Waals surface area contributed by atoms with E-state index in [1.807, 2.05) is 30.3 Å². The van der Waals surface area contributed by atoms with Gasteiger partial charge in [0.1, 0.15) is 11.4 Å². The molecule has 0 fully saturated rings. The predicted octanol–water partition coefficient (Wildman–Crippen LogP) is 2.70. The molecule has 0 heterocycles. The Labute approximate surface area is 133 Å². The van der Waals surface area contributed by atoms with Crippen molar-refractivity contribution < 1.29 is 19.1 Å². The number of amides is 1. The Morgan fingerprint density at radius 3 is 2.26 bits per heavy atom. The molecule has 0 aliphatic carbocycles. The largest absolute Gasteiger partial charge is 0.478 e. The van der Waals surface area contributed by atoms with E-state index in [1.165, 1.54) is 30.3 Å². The molecule has 2 rings (SSSR count). The van der Waals surface area contributed by atoms with Crippen LogP contribution in [0.5, 0.6) is 0 Å². The SMILES string of the molecule is O=C(O)C(=CCc1ccccc1)C(=O)NCc1ccc(F)cc1. The number of nitrogens with one attached hydrogen (secondary N) is 1. The zero-order valence-electron chi connectivity index (χ0n) is 12.3. The molecular formula is C18H16FNO3. The normalized spacial score (nSPS) is 11.1. The standard InChI is InChI=1S/C18H16FNO3/c19-15-9-6-14(7-10-15)12-20-17(21)16(18(22)23)11-8-13-4-2-1-3-5-13/h1-7,9-11H,8,12H2,(H,20,21)(H,22,23). The third-order valence-corrected chi connectivity index (χ3v) is 3.23. The van der Waals surface area contributed by atoms with Gasteiger partial charge in [0.05, 0.1) is 0 Å². The molecular weight excluding hydrogens is 297 g/mol. The van der Waals surface area contributed by atoms with Gasteiger partial charge in [0, 0.05) is 6.54 Å². The summed E-state index contributed by atoms with van der Waals surface area (Å²) in [5, 5.41) is 11.7. The Bertz CT molecular complexity index is 709. The molecule has 0 aromatic heterocycles. The molecule has 1 amide bonds. The van der Waals surface area contributed by atoms with E-state index in [0.29, 0.717) is 12.0 Å². The van der Waals surface area contributed by atoms with Gasteiger partial charge >= 0.3 is 5.97 Å². The van der Waals surface area contributed by atoms with E-state index in [4.69, 9.17) is 0 Å². The maximum Gasteiger partial charge on any atom is 0.340 e. The lowest BCUT2D eigenvalue weighted by molar-refractivity contribution is -0.135. The number of hydrogen-bond donors (Lipinski definition) is 2. The Kier molecular flexibility index (Phi) is 5.63. The van der Waals surface area contributed by atoms with E-state index < -0.39 is 11.9 Å². The highest BCUT2D eigenvalue weighted by Crippen LogP contribution is 2.06. The lowest BCUT2D eigenvalue weighted by atomic mass is 10.1. The second kappa shape index (κ2) is 7.89. The summed E-state index contributed by atoms with van der Waals surface area (Å²) < 4.78 is 12.8. The van der Waals surface area contributed by atoms with E-state index >= 15 is 0 Å². The van der Waals surface area contributed by atoms with Gasteiger partial charge in [-0.3, -0.25) is 4.79 Å². The fraction of sp³-hybridized carbons (Fsp3) is 0.111. The molecule has 2 aromatic rings. The minimum absolute atomic E-state index is 0.134. The summed E-state index contributed by atoms with van der Waals surface area (Å²) in [5.41, 5.74) is 1.29. The number of carboxylic acids is 1. The van der Waals surface area contributed by atoms with Crippen molar-refractivity contribution in [2.75, 3.05) is 0 Å². The maximum absolute atomic E-state index is 12.8. The van der Waals surface area contributed by atoms with Crippen molar-refractivity contribution in [3.8, 4) is 0 Å². The molecule has 2 N–H and O–H groups in total. The van der Waals surface area contributed by atoms with Crippen molar-refractivity contribution in [2.45, 2.75) is 13.0 Å². The van der Waals surface area contributed by atoms with Gasteiger partial charge < -0.3 is 10.4 Å². The van der Waals surface area contributed by atoms with Crippen LogP contribution in [0.4, 0.5) is 4.39 Å². The third-order valence-electron chi connectivity index (χ3n) is 3.23. The molecule has 23 heavy (non-hydrogen) atoms. The van der Waals surface area contributed by atoms with Crippen LogP contribution in [0.2, 0.25) is 0 Å². The Morgan fingerprint density at radius 1 is 1.00 bits per heavy atom. The van der Waals surface area contributed by atoms with Gasteiger partial charge in [-0.25, -0.2) is 9.18 Å². The van der Waals surface area contributed by atoms with E-state index in [2.05, 4.69) is 5.32 Å². The fourth-order valence-corrected chi connectivity index (χ4v) is 1.99. The minimum Gasteiger partial charge on any atom is -0.478 e. The molecule has 0 bridgehead atoms. The summed E-state index contributed by atoms with van der Waals surface area (Å²) in [6.45, 7) is 0.134. The number of aliphatic carboxylic acids is 1. The van der Waals surface area contributed by atoms with Crippen LogP contribution in [-0.4, -0.2) is 17.0 Å². The molecule has 4 nitrogen and oxygen atoms in total. The van der Waals surface area contributed by atoms with Crippen molar-refractivity contribution in [2.24, 2.45) is 0 Å². The van der Waals surface area contributed by atoms with E-state index in [-0.39, 0.29) is 17.9 Å². The molecule has 0 spiro atoms. The predicted molar refractivity (Wildman–Crippen MR) is 84.1 cm³/mol. The van der Waals surface area contributed by atoms with Gasteiger partial charge in [0.25, 0.3) is 5.91 Å². The van der Waals surface area contributed by atoms with Crippen molar-refractivity contribution in [3.63, 3.8) is 0 Å². The monoisotopic (exact) mass is 313 g/mol. The first-order valence-corrected chi connectivity index (χ1v) is 7.06. The summed E-state index contributed by atoms with van der Waals surface area (Å²) in [4.78, 5) is 23.3. The van der Waals surface area contributed by atoms with Crippen LogP contribution in [0.25, 0.3) is 0 Å². The van der Waals surface area contributed by atoms with Crippen LogP contribution in [0.3, 0.4) is 0 Å². The zero-order valence-corrected chi connectivity index (χ0v) is 12.3. The number of carbonyl (C=O) groups is 2. The lowest BCUT2D eigenvalue weighted by Crippen LogP contribution is -2.28. The summed E-state index contributed by atoms with van der Waals surface area (Å²) in [7, 11) is 0. The van der Waals surface area contributed by atoms with Crippen LogP contribution in [0.1, 0.15) is 11.1 Å². The van der Waals surface area contributed by atoms with Crippen LogP contribution in [0, 0.1) is 5.82 Å². The van der Waals surface area contributed by atoms with Gasteiger partial charge in [-0.05, 0) is 29.7 Å². The zero-order chi connectivity index (χ0) is 16.7. The average Bonchev–Trinajstić information content (AvgIpc) is 2.55. The number of carbonyl (C=O) groups excluding carboxylic acids is 1. The molecule has 0 saturated carbocycles. The number of allylic oxidation sites excluding steroid dienone is 1. The molecule has 5 heteroatoms. The van der Waals surface area contributed by atoms with Gasteiger partial charge in [0.15, 0.2) is 0 Å². The van der Waals surface area contributed by atoms with Gasteiger partial charge in [-0.2, -0.15) is 0 Å². The molecule has 2 aromatic carbocycles. The molecule has 0 saturated heterocycles. The summed E-state index contributed by atoms with van der Waals surface area (Å²) in [6, 6.07) is 14.9. The fourth-order valence-electron chi connectivity index (χ4n) is 1.99. The highest BCUT2D eigenvalue weighted by atomic mass is 19.1. The van der Waals surface area contributed by atoms with E-state index in [0.717, 1.165) is 5.56 Å². The molecule has 0 unspecified atom stereocenters. The molecule has 0 radical (unpaired) electrons. The van der Waals surface area contributed by atoms with Gasteiger partial charge in [0.2, 0.25) is 0 Å². The first-order valence-electron chi connectivity index (χ1n) is 7.06. The van der Waals surface area contributed by atoms with Gasteiger partial charge in [-0.15, -0.1) is 0 Å². The number of halogens is 1. The average molecular weight is 313 g/mol. The van der Waals surface area contributed by atoms with Crippen LogP contribution in [-0.2, 0) is 22.6 Å². The minimum atomic E-state index is -1.28. The molecule has 0 aliphatic heterocycles. The summed E-state index contributed by atoms with van der Waals surface area (Å²) >= 11 is 0. The number of carboxylic acid groups (broad SMARTS) is 1. The molecule has 0 atom stereocenters. The highest BCUT2D eigenvalue weighted by Gasteiger charge is 2.16. The topological polar surface area (TPSA) is 66.4 Å². The Hall–Kier alpha value is -2.95. The third kappa shape index (κ3) is 5.07. The number of rotatable bonds is 6.